The summed E-state index contributed by atoms with van der Waals surface area (Å²) >= 11 is 0. The van der Waals surface area contributed by atoms with Gasteiger partial charge in [-0.1, -0.05) is 20.3 Å². The van der Waals surface area contributed by atoms with Crippen LogP contribution in [0.4, 0.5) is 0 Å². The predicted molar refractivity (Wildman–Crippen MR) is 53.4 cm³/mol. The Kier molecular flexibility index (Phi) is 4.02. The second-order valence-corrected chi connectivity index (χ2v) is 3.98. The summed E-state index contributed by atoms with van der Waals surface area (Å²) in [6.45, 7) is 6.97. The van der Waals surface area contributed by atoms with Crippen molar-refractivity contribution in [2.24, 2.45) is 0 Å². The predicted octanol–water partition coefficient (Wildman–Crippen LogP) is 1.47. The smallest absolute Gasteiger partial charge is 0.0197 e. The molecular weight excluding hydrogens is 148 g/mol. The molecule has 0 aromatic carbocycles. The van der Waals surface area contributed by atoms with Gasteiger partial charge < -0.3 is 10.2 Å². The minimum Gasteiger partial charge on any atom is -0.309 e. The first-order chi connectivity index (χ1) is 5.76. The highest BCUT2D eigenvalue weighted by Gasteiger charge is 2.21. The first-order valence-corrected chi connectivity index (χ1v) is 5.20. The van der Waals surface area contributed by atoms with Crippen LogP contribution in [-0.4, -0.2) is 37.1 Å². The van der Waals surface area contributed by atoms with Gasteiger partial charge >= 0.3 is 0 Å². The Morgan fingerprint density at radius 2 is 1.92 bits per heavy atom. The van der Waals surface area contributed by atoms with E-state index >= 15 is 0 Å². The highest BCUT2D eigenvalue weighted by atomic mass is 15.2. The molecule has 0 aliphatic carbocycles. The van der Waals surface area contributed by atoms with Crippen LogP contribution >= 0.6 is 0 Å². The van der Waals surface area contributed by atoms with Crippen LogP contribution in [0.15, 0.2) is 0 Å². The minimum absolute atomic E-state index is 0.722. The molecule has 1 N–H and O–H groups in total. The highest BCUT2D eigenvalue weighted by molar-refractivity contribution is 4.83. The van der Waals surface area contributed by atoms with E-state index < -0.39 is 0 Å². The Morgan fingerprint density at radius 3 is 2.50 bits per heavy atom. The van der Waals surface area contributed by atoms with Crippen molar-refractivity contribution in [2.45, 2.75) is 45.2 Å². The summed E-state index contributed by atoms with van der Waals surface area (Å²) in [5, 5.41) is 3.69. The first-order valence-electron chi connectivity index (χ1n) is 5.20. The van der Waals surface area contributed by atoms with Gasteiger partial charge in [0.15, 0.2) is 0 Å². The van der Waals surface area contributed by atoms with Crippen LogP contribution in [0.3, 0.4) is 0 Å². The number of hydrogen-bond acceptors (Lipinski definition) is 2. The zero-order chi connectivity index (χ0) is 8.97. The monoisotopic (exact) mass is 170 g/mol. The average Bonchev–Trinajstić information content (AvgIpc) is 2.04. The molecule has 0 unspecified atom stereocenters. The second-order valence-electron chi connectivity index (χ2n) is 3.98. The Morgan fingerprint density at radius 1 is 1.25 bits per heavy atom. The molecule has 2 heteroatoms. The largest absolute Gasteiger partial charge is 0.309 e. The summed E-state index contributed by atoms with van der Waals surface area (Å²) in [4.78, 5) is 2.45. The molecule has 0 spiro atoms. The standard InChI is InChI=1S/C10H22N2/c1-4-6-10-8-12(3)7-9(5-2)11-10/h9-11H,4-8H2,1-3H3/t9-,10+/m1/s1. The van der Waals surface area contributed by atoms with E-state index in [1.165, 1.54) is 32.4 Å². The third-order valence-corrected chi connectivity index (χ3v) is 2.67. The maximum absolute atomic E-state index is 3.69. The summed E-state index contributed by atoms with van der Waals surface area (Å²) in [7, 11) is 2.23. The Labute approximate surface area is 76.3 Å². The topological polar surface area (TPSA) is 15.3 Å². The normalized spacial score (nSPS) is 32.2. The van der Waals surface area contributed by atoms with Crippen LogP contribution in [0, 0.1) is 0 Å². The van der Waals surface area contributed by atoms with E-state index in [0.717, 1.165) is 12.1 Å². The molecule has 0 aromatic heterocycles. The molecule has 0 aromatic rings. The van der Waals surface area contributed by atoms with Gasteiger partial charge in [-0.25, -0.2) is 0 Å². The van der Waals surface area contributed by atoms with Crippen LogP contribution in [0.1, 0.15) is 33.1 Å². The SMILES string of the molecule is CCC[C@H]1CN(C)C[C@@H](CC)N1. The van der Waals surface area contributed by atoms with Crippen LogP contribution in [0.2, 0.25) is 0 Å². The molecular formula is C10H22N2. The lowest BCUT2D eigenvalue weighted by atomic mass is 10.0. The molecule has 1 saturated heterocycles. The average molecular weight is 170 g/mol. The minimum atomic E-state index is 0.722. The van der Waals surface area contributed by atoms with Crippen molar-refractivity contribution in [2.75, 3.05) is 20.1 Å². The van der Waals surface area contributed by atoms with Gasteiger partial charge in [0.05, 0.1) is 0 Å². The zero-order valence-corrected chi connectivity index (χ0v) is 8.64. The van der Waals surface area contributed by atoms with Crippen molar-refractivity contribution < 1.29 is 0 Å². The number of rotatable bonds is 3. The maximum Gasteiger partial charge on any atom is 0.0197 e. The van der Waals surface area contributed by atoms with E-state index in [4.69, 9.17) is 0 Å². The molecule has 1 aliphatic heterocycles. The van der Waals surface area contributed by atoms with Gasteiger partial charge in [0, 0.05) is 25.2 Å². The van der Waals surface area contributed by atoms with Crippen molar-refractivity contribution in [1.29, 1.82) is 0 Å². The molecule has 12 heavy (non-hydrogen) atoms. The zero-order valence-electron chi connectivity index (χ0n) is 8.64. The summed E-state index contributed by atoms with van der Waals surface area (Å²) in [5.74, 6) is 0. The van der Waals surface area contributed by atoms with E-state index in [-0.39, 0.29) is 0 Å². The molecule has 2 atom stereocenters. The molecule has 1 rings (SSSR count). The van der Waals surface area contributed by atoms with Crippen LogP contribution in [-0.2, 0) is 0 Å². The molecule has 2 nitrogen and oxygen atoms in total. The van der Waals surface area contributed by atoms with Crippen LogP contribution in [0.25, 0.3) is 0 Å². The molecule has 72 valence electrons. The van der Waals surface area contributed by atoms with E-state index in [2.05, 4.69) is 31.1 Å². The molecule has 1 fully saturated rings. The maximum atomic E-state index is 3.69. The third-order valence-electron chi connectivity index (χ3n) is 2.67. The lowest BCUT2D eigenvalue weighted by molar-refractivity contribution is 0.182. The number of piperazine rings is 1. The van der Waals surface area contributed by atoms with E-state index in [9.17, 15) is 0 Å². The van der Waals surface area contributed by atoms with Gasteiger partial charge in [-0.05, 0) is 19.9 Å². The molecule has 0 bridgehead atoms. The number of nitrogens with zero attached hydrogens (tertiary/aromatic N) is 1. The van der Waals surface area contributed by atoms with Gasteiger partial charge in [-0.3, -0.25) is 0 Å². The van der Waals surface area contributed by atoms with Gasteiger partial charge in [-0.15, -0.1) is 0 Å². The van der Waals surface area contributed by atoms with Gasteiger partial charge in [0.2, 0.25) is 0 Å². The van der Waals surface area contributed by atoms with E-state index in [1.54, 1.807) is 0 Å². The Bertz CT molecular complexity index is 125. The number of hydrogen-bond donors (Lipinski definition) is 1. The van der Waals surface area contributed by atoms with Gasteiger partial charge in [0.1, 0.15) is 0 Å². The quantitative estimate of drug-likeness (QED) is 0.690. The first kappa shape index (κ1) is 10.0. The molecule has 1 aliphatic rings. The van der Waals surface area contributed by atoms with Crippen LogP contribution in [0.5, 0.6) is 0 Å². The fourth-order valence-corrected chi connectivity index (χ4v) is 2.04. The van der Waals surface area contributed by atoms with E-state index in [1.807, 2.05) is 0 Å². The van der Waals surface area contributed by atoms with Gasteiger partial charge in [-0.2, -0.15) is 0 Å². The molecule has 0 amide bonds. The number of nitrogens with one attached hydrogen (secondary N) is 1. The second kappa shape index (κ2) is 4.83. The fourth-order valence-electron chi connectivity index (χ4n) is 2.04. The van der Waals surface area contributed by atoms with Crippen molar-refractivity contribution >= 4 is 0 Å². The van der Waals surface area contributed by atoms with Crippen molar-refractivity contribution in [3.63, 3.8) is 0 Å². The Hall–Kier alpha value is -0.0800. The third kappa shape index (κ3) is 2.76. The van der Waals surface area contributed by atoms with Crippen molar-refractivity contribution in [3.8, 4) is 0 Å². The Balaban J connectivity index is 2.34. The fraction of sp³-hybridized carbons (Fsp3) is 1.00. The molecule has 0 saturated carbocycles. The van der Waals surface area contributed by atoms with Gasteiger partial charge in [0.25, 0.3) is 0 Å². The summed E-state index contributed by atoms with van der Waals surface area (Å²) in [6, 6.07) is 1.46. The van der Waals surface area contributed by atoms with E-state index in [0.29, 0.717) is 0 Å². The lowest BCUT2D eigenvalue weighted by Crippen LogP contribution is -2.54. The molecule has 1 heterocycles. The number of likely N-dealkylation sites (N-methyl/N-ethyl adjacent to an activating group) is 1. The summed E-state index contributed by atoms with van der Waals surface area (Å²) in [6.07, 6.45) is 3.87. The molecule has 0 radical (unpaired) electrons. The highest BCUT2D eigenvalue weighted by Crippen LogP contribution is 2.08. The summed E-state index contributed by atoms with van der Waals surface area (Å²) in [5.41, 5.74) is 0. The van der Waals surface area contributed by atoms with Crippen LogP contribution < -0.4 is 5.32 Å². The van der Waals surface area contributed by atoms with Crippen molar-refractivity contribution in [3.05, 3.63) is 0 Å². The summed E-state index contributed by atoms with van der Waals surface area (Å²) < 4.78 is 0. The van der Waals surface area contributed by atoms with Crippen molar-refractivity contribution in [1.82, 2.24) is 10.2 Å². The lowest BCUT2D eigenvalue weighted by Gasteiger charge is -2.36.